The fraction of sp³-hybridized carbons (Fsp3) is 0.833. The monoisotopic (exact) mass is 239 g/mol. The summed E-state index contributed by atoms with van der Waals surface area (Å²) in [6, 6.07) is 0. The molecule has 0 atom stereocenters. The molecule has 0 aliphatic heterocycles. The SMILES string of the molecule is CC(C)(C)NCc1nnc(CC2CCC2)s1. The fourth-order valence-corrected chi connectivity index (χ4v) is 2.63. The van der Waals surface area contributed by atoms with Crippen molar-refractivity contribution in [3.8, 4) is 0 Å². The minimum atomic E-state index is 0.153. The Labute approximate surface area is 102 Å². The molecule has 0 aromatic carbocycles. The molecule has 4 heteroatoms. The Balaban J connectivity index is 1.82. The smallest absolute Gasteiger partial charge is 0.131 e. The first-order valence-electron chi connectivity index (χ1n) is 6.09. The van der Waals surface area contributed by atoms with Crippen LogP contribution in [0.2, 0.25) is 0 Å². The first-order chi connectivity index (χ1) is 7.53. The summed E-state index contributed by atoms with van der Waals surface area (Å²) in [6.45, 7) is 7.35. The zero-order valence-electron chi connectivity index (χ0n) is 10.4. The minimum Gasteiger partial charge on any atom is -0.306 e. The van der Waals surface area contributed by atoms with Crippen LogP contribution in [0.15, 0.2) is 0 Å². The molecule has 0 amide bonds. The van der Waals surface area contributed by atoms with E-state index in [0.29, 0.717) is 0 Å². The van der Waals surface area contributed by atoms with Crippen molar-refractivity contribution in [1.29, 1.82) is 0 Å². The summed E-state index contributed by atoms with van der Waals surface area (Å²) in [7, 11) is 0. The van der Waals surface area contributed by atoms with Gasteiger partial charge in [-0.2, -0.15) is 0 Å². The maximum absolute atomic E-state index is 4.27. The topological polar surface area (TPSA) is 37.8 Å². The van der Waals surface area contributed by atoms with Gasteiger partial charge in [0.2, 0.25) is 0 Å². The molecular weight excluding hydrogens is 218 g/mol. The average Bonchev–Trinajstić information content (AvgIpc) is 2.55. The van der Waals surface area contributed by atoms with Gasteiger partial charge < -0.3 is 5.32 Å². The van der Waals surface area contributed by atoms with E-state index in [4.69, 9.17) is 0 Å². The Morgan fingerprint density at radius 1 is 1.25 bits per heavy atom. The zero-order valence-corrected chi connectivity index (χ0v) is 11.2. The van der Waals surface area contributed by atoms with Gasteiger partial charge in [-0.1, -0.05) is 19.3 Å². The van der Waals surface area contributed by atoms with E-state index in [1.807, 2.05) is 0 Å². The van der Waals surface area contributed by atoms with Crippen LogP contribution in [-0.2, 0) is 13.0 Å². The molecule has 0 spiro atoms. The highest BCUT2D eigenvalue weighted by Gasteiger charge is 2.20. The lowest BCUT2D eigenvalue weighted by molar-refractivity contribution is 0.313. The highest BCUT2D eigenvalue weighted by Crippen LogP contribution is 2.30. The number of nitrogens with zero attached hydrogens (tertiary/aromatic N) is 2. The van der Waals surface area contributed by atoms with Crippen molar-refractivity contribution < 1.29 is 0 Å². The first-order valence-corrected chi connectivity index (χ1v) is 6.91. The van der Waals surface area contributed by atoms with Gasteiger partial charge in [0.1, 0.15) is 10.0 Å². The lowest BCUT2D eigenvalue weighted by Crippen LogP contribution is -2.35. The van der Waals surface area contributed by atoms with Gasteiger partial charge in [0.15, 0.2) is 0 Å². The lowest BCUT2D eigenvalue weighted by atomic mass is 9.83. The van der Waals surface area contributed by atoms with E-state index in [1.54, 1.807) is 11.3 Å². The first kappa shape index (κ1) is 12.0. The van der Waals surface area contributed by atoms with E-state index in [-0.39, 0.29) is 5.54 Å². The van der Waals surface area contributed by atoms with Gasteiger partial charge in [0, 0.05) is 12.0 Å². The summed E-state index contributed by atoms with van der Waals surface area (Å²) in [5.41, 5.74) is 0.153. The van der Waals surface area contributed by atoms with Gasteiger partial charge in [-0.05, 0) is 26.7 Å². The molecule has 1 aliphatic rings. The van der Waals surface area contributed by atoms with Crippen LogP contribution in [0.5, 0.6) is 0 Å². The molecule has 0 radical (unpaired) electrons. The van der Waals surface area contributed by atoms with E-state index < -0.39 is 0 Å². The Morgan fingerprint density at radius 2 is 1.94 bits per heavy atom. The Hall–Kier alpha value is -0.480. The molecule has 16 heavy (non-hydrogen) atoms. The van der Waals surface area contributed by atoms with Crippen molar-refractivity contribution >= 4 is 11.3 Å². The summed E-state index contributed by atoms with van der Waals surface area (Å²) in [5, 5.41) is 14.3. The lowest BCUT2D eigenvalue weighted by Gasteiger charge is -2.23. The van der Waals surface area contributed by atoms with Crippen LogP contribution >= 0.6 is 11.3 Å². The molecule has 90 valence electrons. The molecule has 1 aromatic rings. The fourth-order valence-electron chi connectivity index (χ4n) is 1.73. The predicted molar refractivity (Wildman–Crippen MR) is 67.5 cm³/mol. The number of nitrogens with one attached hydrogen (secondary N) is 1. The second-order valence-electron chi connectivity index (χ2n) is 5.69. The van der Waals surface area contributed by atoms with Crippen molar-refractivity contribution in [2.45, 2.75) is 58.5 Å². The molecule has 1 aliphatic carbocycles. The van der Waals surface area contributed by atoms with E-state index in [9.17, 15) is 0 Å². The summed E-state index contributed by atoms with van der Waals surface area (Å²) < 4.78 is 0. The van der Waals surface area contributed by atoms with Crippen molar-refractivity contribution in [3.63, 3.8) is 0 Å². The van der Waals surface area contributed by atoms with Crippen molar-refractivity contribution in [2.75, 3.05) is 0 Å². The number of hydrogen-bond donors (Lipinski definition) is 1. The van der Waals surface area contributed by atoms with Crippen LogP contribution in [0.4, 0.5) is 0 Å². The van der Waals surface area contributed by atoms with Gasteiger partial charge in [0.25, 0.3) is 0 Å². The Bertz CT molecular complexity index is 336. The van der Waals surface area contributed by atoms with Crippen molar-refractivity contribution in [2.24, 2.45) is 5.92 Å². The maximum Gasteiger partial charge on any atom is 0.131 e. The highest BCUT2D eigenvalue weighted by atomic mass is 32.1. The van der Waals surface area contributed by atoms with Gasteiger partial charge in [-0.25, -0.2) is 0 Å². The summed E-state index contributed by atoms with van der Waals surface area (Å²) in [5.74, 6) is 0.886. The third-order valence-electron chi connectivity index (χ3n) is 2.97. The average molecular weight is 239 g/mol. The van der Waals surface area contributed by atoms with E-state index in [1.165, 1.54) is 24.3 Å². The predicted octanol–water partition coefficient (Wildman–Crippen LogP) is 2.77. The Morgan fingerprint density at radius 3 is 2.50 bits per heavy atom. The molecule has 1 heterocycles. The van der Waals surface area contributed by atoms with E-state index >= 15 is 0 Å². The number of hydrogen-bond acceptors (Lipinski definition) is 4. The van der Waals surface area contributed by atoms with E-state index in [2.05, 4.69) is 36.3 Å². The van der Waals surface area contributed by atoms with E-state index in [0.717, 1.165) is 23.9 Å². The van der Waals surface area contributed by atoms with Crippen LogP contribution in [0.3, 0.4) is 0 Å². The van der Waals surface area contributed by atoms with Crippen LogP contribution in [0.1, 0.15) is 50.0 Å². The number of aromatic nitrogens is 2. The highest BCUT2D eigenvalue weighted by molar-refractivity contribution is 7.11. The van der Waals surface area contributed by atoms with Gasteiger partial charge >= 0.3 is 0 Å². The summed E-state index contributed by atoms with van der Waals surface area (Å²) >= 11 is 1.77. The molecule has 0 unspecified atom stereocenters. The molecule has 0 bridgehead atoms. The largest absolute Gasteiger partial charge is 0.306 e. The molecule has 0 saturated heterocycles. The zero-order chi connectivity index (χ0) is 11.6. The van der Waals surface area contributed by atoms with Gasteiger partial charge in [0.05, 0.1) is 6.54 Å². The van der Waals surface area contributed by atoms with Crippen molar-refractivity contribution in [3.05, 3.63) is 10.0 Å². The maximum atomic E-state index is 4.27. The standard InChI is InChI=1S/C12H21N3S/c1-12(2,3)13-8-11-15-14-10(16-11)7-9-5-4-6-9/h9,13H,4-8H2,1-3H3. The van der Waals surface area contributed by atoms with Crippen LogP contribution < -0.4 is 5.32 Å². The summed E-state index contributed by atoms with van der Waals surface area (Å²) in [4.78, 5) is 0. The van der Waals surface area contributed by atoms with Crippen molar-refractivity contribution in [1.82, 2.24) is 15.5 Å². The quantitative estimate of drug-likeness (QED) is 0.878. The summed E-state index contributed by atoms with van der Waals surface area (Å²) in [6.07, 6.45) is 5.32. The van der Waals surface area contributed by atoms with Crippen LogP contribution in [0, 0.1) is 5.92 Å². The van der Waals surface area contributed by atoms with Gasteiger partial charge in [-0.3, -0.25) is 0 Å². The van der Waals surface area contributed by atoms with Gasteiger partial charge in [-0.15, -0.1) is 21.5 Å². The third kappa shape index (κ3) is 3.52. The molecule has 1 N–H and O–H groups in total. The second-order valence-corrected chi connectivity index (χ2v) is 6.84. The molecule has 1 fully saturated rings. The third-order valence-corrected chi connectivity index (χ3v) is 3.91. The molecular formula is C12H21N3S. The van der Waals surface area contributed by atoms with Crippen LogP contribution in [-0.4, -0.2) is 15.7 Å². The molecule has 2 rings (SSSR count). The van der Waals surface area contributed by atoms with Crippen LogP contribution in [0.25, 0.3) is 0 Å². The minimum absolute atomic E-state index is 0.153. The number of rotatable bonds is 4. The molecule has 3 nitrogen and oxygen atoms in total. The molecule has 1 saturated carbocycles. The second kappa shape index (κ2) is 4.80. The normalized spacial score (nSPS) is 17.4. The Kier molecular flexibility index (Phi) is 3.60. The molecule has 1 aromatic heterocycles.